The molecule has 0 aliphatic carbocycles. The first-order chi connectivity index (χ1) is 6.24. The molecule has 0 aliphatic heterocycles. The van der Waals surface area contributed by atoms with Gasteiger partial charge in [0, 0.05) is 5.71 Å². The molecule has 1 N–H and O–H groups in total. The van der Waals surface area contributed by atoms with Crippen molar-refractivity contribution in [2.45, 2.75) is 39.5 Å². The van der Waals surface area contributed by atoms with Gasteiger partial charge in [0.05, 0.1) is 7.11 Å². The molecule has 0 aromatic carbocycles. The van der Waals surface area contributed by atoms with E-state index in [-0.39, 0.29) is 0 Å². The predicted molar refractivity (Wildman–Crippen MR) is 52.8 cm³/mol. The number of carbonyl (C=O) groups excluding carboxylic acids is 1. The summed E-state index contributed by atoms with van der Waals surface area (Å²) < 4.78 is 4.39. The fourth-order valence-electron chi connectivity index (χ4n) is 0.863. The lowest BCUT2D eigenvalue weighted by molar-refractivity contribution is 0.171. The Labute approximate surface area is 79.3 Å². The molecular weight excluding hydrogens is 168 g/mol. The van der Waals surface area contributed by atoms with Gasteiger partial charge in [-0.2, -0.15) is 5.10 Å². The highest BCUT2D eigenvalue weighted by Gasteiger charge is 1.98. The lowest BCUT2D eigenvalue weighted by Crippen LogP contribution is -2.19. The van der Waals surface area contributed by atoms with E-state index in [1.54, 1.807) is 0 Å². The maximum Gasteiger partial charge on any atom is 0.427 e. The largest absolute Gasteiger partial charge is 0.452 e. The van der Waals surface area contributed by atoms with Crippen molar-refractivity contribution in [2.24, 2.45) is 5.10 Å². The second-order valence-corrected chi connectivity index (χ2v) is 2.74. The number of carbonyl (C=O) groups is 1. The van der Waals surface area contributed by atoms with E-state index < -0.39 is 6.09 Å². The van der Waals surface area contributed by atoms with Crippen LogP contribution in [0.4, 0.5) is 4.79 Å². The first-order valence-electron chi connectivity index (χ1n) is 4.64. The molecule has 13 heavy (non-hydrogen) atoms. The molecule has 76 valence electrons. The van der Waals surface area contributed by atoms with Crippen LogP contribution in [0, 0.1) is 0 Å². The first-order valence-corrected chi connectivity index (χ1v) is 4.64. The minimum absolute atomic E-state index is 0.512. The van der Waals surface area contributed by atoms with E-state index in [0.29, 0.717) is 0 Å². The number of unbranched alkanes of at least 4 members (excludes halogenated alkanes) is 1. The van der Waals surface area contributed by atoms with Crippen LogP contribution in [0.1, 0.15) is 39.5 Å². The highest BCUT2D eigenvalue weighted by atomic mass is 16.5. The summed E-state index contributed by atoms with van der Waals surface area (Å²) in [6.07, 6.45) is 3.54. The van der Waals surface area contributed by atoms with E-state index >= 15 is 0 Å². The van der Waals surface area contributed by atoms with Crippen molar-refractivity contribution >= 4 is 11.8 Å². The van der Waals surface area contributed by atoms with Gasteiger partial charge in [-0.25, -0.2) is 10.2 Å². The van der Waals surface area contributed by atoms with Gasteiger partial charge in [-0.1, -0.05) is 20.3 Å². The number of nitrogens with zero attached hydrogens (tertiary/aromatic N) is 1. The summed E-state index contributed by atoms with van der Waals surface area (Å²) in [5, 5.41) is 3.94. The molecule has 0 radical (unpaired) electrons. The Balaban J connectivity index is 3.84. The number of hydrazone groups is 1. The summed E-state index contributed by atoms with van der Waals surface area (Å²) in [5.74, 6) is 0. The Kier molecular flexibility index (Phi) is 6.96. The third kappa shape index (κ3) is 6.13. The zero-order chi connectivity index (χ0) is 10.1. The Morgan fingerprint density at radius 1 is 1.46 bits per heavy atom. The van der Waals surface area contributed by atoms with E-state index in [2.05, 4.69) is 22.2 Å². The summed E-state index contributed by atoms with van der Waals surface area (Å²) in [5.41, 5.74) is 3.33. The highest BCUT2D eigenvalue weighted by Crippen LogP contribution is 1.99. The molecule has 0 heterocycles. The summed E-state index contributed by atoms with van der Waals surface area (Å²) in [4.78, 5) is 10.7. The summed E-state index contributed by atoms with van der Waals surface area (Å²) in [6.45, 7) is 4.15. The zero-order valence-corrected chi connectivity index (χ0v) is 8.59. The van der Waals surface area contributed by atoms with Crippen LogP contribution in [0.3, 0.4) is 0 Å². The smallest absolute Gasteiger partial charge is 0.427 e. The number of hydrogen-bond acceptors (Lipinski definition) is 3. The number of rotatable bonds is 5. The van der Waals surface area contributed by atoms with Gasteiger partial charge < -0.3 is 4.74 Å². The average Bonchev–Trinajstić information content (AvgIpc) is 2.17. The maximum absolute atomic E-state index is 10.7. The predicted octanol–water partition coefficient (Wildman–Crippen LogP) is 2.30. The number of hydrogen-bond donors (Lipinski definition) is 1. The van der Waals surface area contributed by atoms with Crippen molar-refractivity contribution in [2.75, 3.05) is 7.11 Å². The molecule has 1 amide bonds. The van der Waals surface area contributed by atoms with Crippen LogP contribution in [0.15, 0.2) is 5.10 Å². The monoisotopic (exact) mass is 186 g/mol. The van der Waals surface area contributed by atoms with Crippen LogP contribution in [-0.2, 0) is 4.74 Å². The fraction of sp³-hybridized carbons (Fsp3) is 0.778. The molecule has 0 aromatic rings. The van der Waals surface area contributed by atoms with Crippen LogP contribution < -0.4 is 5.43 Å². The van der Waals surface area contributed by atoms with Gasteiger partial charge in [0.2, 0.25) is 0 Å². The van der Waals surface area contributed by atoms with Gasteiger partial charge in [-0.05, 0) is 19.3 Å². The van der Waals surface area contributed by atoms with Crippen molar-refractivity contribution < 1.29 is 9.53 Å². The van der Waals surface area contributed by atoms with Crippen LogP contribution in [0.2, 0.25) is 0 Å². The lowest BCUT2D eigenvalue weighted by Gasteiger charge is -2.02. The molecule has 4 nitrogen and oxygen atoms in total. The average molecular weight is 186 g/mol. The summed E-state index contributed by atoms with van der Waals surface area (Å²) >= 11 is 0. The Morgan fingerprint density at radius 2 is 2.15 bits per heavy atom. The number of ether oxygens (including phenoxy) is 1. The second kappa shape index (κ2) is 7.58. The minimum Gasteiger partial charge on any atom is -0.452 e. The van der Waals surface area contributed by atoms with Gasteiger partial charge in [0.15, 0.2) is 0 Å². The summed E-state index contributed by atoms with van der Waals surface area (Å²) in [7, 11) is 1.32. The van der Waals surface area contributed by atoms with Gasteiger partial charge in [-0.15, -0.1) is 0 Å². The minimum atomic E-state index is -0.512. The molecule has 0 unspecified atom stereocenters. The Hall–Kier alpha value is -1.06. The molecule has 0 aromatic heterocycles. The normalized spacial score (nSPS) is 11.2. The van der Waals surface area contributed by atoms with Crippen LogP contribution in [0.5, 0.6) is 0 Å². The standard InChI is InChI=1S/C9H18N2O2/c1-4-6-7-8(5-2)10-11-9(12)13-3/h4-7H2,1-3H3,(H,11,12)/b10-8+. The SMILES string of the molecule is CCCC/C(CC)=N/NC(=O)OC. The molecule has 0 aliphatic rings. The van der Waals surface area contributed by atoms with Gasteiger partial charge in [0.1, 0.15) is 0 Å². The van der Waals surface area contributed by atoms with Crippen LogP contribution in [0.25, 0.3) is 0 Å². The lowest BCUT2D eigenvalue weighted by atomic mass is 10.1. The highest BCUT2D eigenvalue weighted by molar-refractivity contribution is 5.85. The number of nitrogens with one attached hydrogen (secondary N) is 1. The summed E-state index contributed by atoms with van der Waals surface area (Å²) in [6, 6.07) is 0. The quantitative estimate of drug-likeness (QED) is 0.529. The third-order valence-electron chi connectivity index (χ3n) is 1.72. The molecular formula is C9H18N2O2. The molecule has 4 heteroatoms. The molecule has 0 fully saturated rings. The van der Waals surface area contributed by atoms with E-state index in [1.165, 1.54) is 7.11 Å². The van der Waals surface area contributed by atoms with E-state index in [4.69, 9.17) is 0 Å². The van der Waals surface area contributed by atoms with Crippen molar-refractivity contribution in [1.29, 1.82) is 0 Å². The molecule has 0 spiro atoms. The van der Waals surface area contributed by atoms with Gasteiger partial charge in [0.25, 0.3) is 0 Å². The van der Waals surface area contributed by atoms with Crippen molar-refractivity contribution in [3.63, 3.8) is 0 Å². The molecule has 0 rings (SSSR count). The van der Waals surface area contributed by atoms with E-state index in [1.807, 2.05) is 6.92 Å². The molecule has 0 saturated heterocycles. The molecule has 0 atom stereocenters. The number of amides is 1. The van der Waals surface area contributed by atoms with Crippen molar-refractivity contribution in [3.05, 3.63) is 0 Å². The zero-order valence-electron chi connectivity index (χ0n) is 8.59. The van der Waals surface area contributed by atoms with E-state index in [0.717, 1.165) is 31.4 Å². The van der Waals surface area contributed by atoms with Gasteiger partial charge >= 0.3 is 6.09 Å². The fourth-order valence-corrected chi connectivity index (χ4v) is 0.863. The second-order valence-electron chi connectivity index (χ2n) is 2.74. The van der Waals surface area contributed by atoms with Crippen LogP contribution in [-0.4, -0.2) is 18.9 Å². The van der Waals surface area contributed by atoms with Crippen molar-refractivity contribution in [1.82, 2.24) is 5.43 Å². The molecule has 0 bridgehead atoms. The maximum atomic E-state index is 10.7. The first kappa shape index (κ1) is 11.9. The third-order valence-corrected chi connectivity index (χ3v) is 1.72. The topological polar surface area (TPSA) is 50.7 Å². The van der Waals surface area contributed by atoms with Crippen LogP contribution >= 0.6 is 0 Å². The molecule has 0 saturated carbocycles. The Morgan fingerprint density at radius 3 is 2.62 bits per heavy atom. The van der Waals surface area contributed by atoms with Crippen molar-refractivity contribution in [3.8, 4) is 0 Å². The van der Waals surface area contributed by atoms with E-state index in [9.17, 15) is 4.79 Å². The van der Waals surface area contributed by atoms with Gasteiger partial charge in [-0.3, -0.25) is 0 Å². The Bertz CT molecular complexity index is 178. The number of methoxy groups -OCH3 is 1.